The molecule has 5 rings (SSSR count). The van der Waals surface area contributed by atoms with Crippen LogP contribution in [0.25, 0.3) is 0 Å². The van der Waals surface area contributed by atoms with E-state index in [9.17, 15) is 9.59 Å². The van der Waals surface area contributed by atoms with Gasteiger partial charge in [-0.15, -0.1) is 12.4 Å². The Bertz CT molecular complexity index is 1040. The number of likely N-dealkylation sites (tertiary alicyclic amines) is 1. The number of rotatable bonds is 5. The van der Waals surface area contributed by atoms with Gasteiger partial charge in [-0.05, 0) is 81.6 Å². The van der Waals surface area contributed by atoms with E-state index in [2.05, 4.69) is 41.8 Å². The third-order valence-corrected chi connectivity index (χ3v) is 7.61. The Kier molecular flexibility index (Phi) is 8.02. The van der Waals surface area contributed by atoms with Gasteiger partial charge in [0.1, 0.15) is 0 Å². The van der Waals surface area contributed by atoms with Crippen molar-refractivity contribution in [1.29, 1.82) is 0 Å². The molecule has 3 aliphatic rings. The van der Waals surface area contributed by atoms with Crippen molar-refractivity contribution < 1.29 is 9.59 Å². The van der Waals surface area contributed by atoms with Gasteiger partial charge < -0.3 is 19.6 Å². The lowest BCUT2D eigenvalue weighted by Crippen LogP contribution is -2.49. The zero-order chi connectivity index (χ0) is 23.7. The van der Waals surface area contributed by atoms with E-state index in [1.807, 2.05) is 34.1 Å². The first kappa shape index (κ1) is 25.5. The molecule has 0 N–H and O–H groups in total. The molecule has 0 bridgehead atoms. The molecule has 3 saturated heterocycles. The molecule has 7 heteroatoms. The molecule has 3 heterocycles. The number of halogens is 1. The number of amides is 2. The average molecular weight is 497 g/mol. The van der Waals surface area contributed by atoms with Crippen molar-refractivity contribution in [2.75, 3.05) is 62.2 Å². The number of aryl methyl sites for hydroxylation is 2. The fourth-order valence-corrected chi connectivity index (χ4v) is 5.76. The summed E-state index contributed by atoms with van der Waals surface area (Å²) in [5.41, 5.74) is 5.43. The van der Waals surface area contributed by atoms with E-state index in [4.69, 9.17) is 0 Å². The molecule has 0 spiro atoms. The predicted molar refractivity (Wildman–Crippen MR) is 144 cm³/mol. The fraction of sp³-hybridized carbons (Fsp3) is 0.500. The van der Waals surface area contributed by atoms with Crippen molar-refractivity contribution in [3.05, 3.63) is 59.2 Å². The molecule has 2 aromatic carbocycles. The standard InChI is InChI=1S/C28H36N4O2.ClH/c1-21-5-10-26(22(2)17-21)30-13-15-31(16-14-30)28(34)24-6-8-25(9-7-24)32-20-23(18-27(32)33)19-29-11-3-4-12-29;/h5-10,17,23H,3-4,11-16,18-20H2,1-2H3;1H. The summed E-state index contributed by atoms with van der Waals surface area (Å²) in [4.78, 5) is 34.5. The van der Waals surface area contributed by atoms with Crippen molar-refractivity contribution in [2.45, 2.75) is 33.1 Å². The first-order chi connectivity index (χ1) is 16.5. The molecule has 2 aromatic rings. The highest BCUT2D eigenvalue weighted by atomic mass is 35.5. The van der Waals surface area contributed by atoms with Gasteiger partial charge in [-0.3, -0.25) is 9.59 Å². The summed E-state index contributed by atoms with van der Waals surface area (Å²) in [7, 11) is 0. The zero-order valence-corrected chi connectivity index (χ0v) is 21.7. The SMILES string of the molecule is Cc1ccc(N2CCN(C(=O)c3ccc(N4CC(CN5CCCC5)CC4=O)cc3)CC2)c(C)c1.Cl. The van der Waals surface area contributed by atoms with Crippen molar-refractivity contribution in [3.8, 4) is 0 Å². The highest BCUT2D eigenvalue weighted by molar-refractivity contribution is 5.98. The third-order valence-electron chi connectivity index (χ3n) is 7.61. The van der Waals surface area contributed by atoms with Crippen LogP contribution >= 0.6 is 12.4 Å². The van der Waals surface area contributed by atoms with Gasteiger partial charge in [0.05, 0.1) is 0 Å². The summed E-state index contributed by atoms with van der Waals surface area (Å²) in [6.45, 7) is 11.5. The van der Waals surface area contributed by atoms with Crippen LogP contribution in [0.1, 0.15) is 40.7 Å². The van der Waals surface area contributed by atoms with Gasteiger partial charge >= 0.3 is 0 Å². The molecular formula is C28H37ClN4O2. The Morgan fingerprint density at radius 2 is 1.60 bits per heavy atom. The Hall–Kier alpha value is -2.57. The Labute approximate surface area is 215 Å². The van der Waals surface area contributed by atoms with Crippen LogP contribution < -0.4 is 9.80 Å². The first-order valence-electron chi connectivity index (χ1n) is 12.7. The summed E-state index contributed by atoms with van der Waals surface area (Å²) in [5, 5.41) is 0. The van der Waals surface area contributed by atoms with E-state index < -0.39 is 0 Å². The van der Waals surface area contributed by atoms with E-state index in [0.717, 1.165) is 45.0 Å². The molecule has 2 amide bonds. The maximum absolute atomic E-state index is 13.1. The van der Waals surface area contributed by atoms with Crippen LogP contribution in [0.5, 0.6) is 0 Å². The van der Waals surface area contributed by atoms with Crippen molar-refractivity contribution >= 4 is 35.6 Å². The summed E-state index contributed by atoms with van der Waals surface area (Å²) < 4.78 is 0. The van der Waals surface area contributed by atoms with Gasteiger partial charge in [0, 0.05) is 62.6 Å². The zero-order valence-electron chi connectivity index (χ0n) is 20.9. The van der Waals surface area contributed by atoms with Gasteiger partial charge in [-0.25, -0.2) is 0 Å². The van der Waals surface area contributed by atoms with Gasteiger partial charge in [0.15, 0.2) is 0 Å². The van der Waals surface area contributed by atoms with Gasteiger partial charge in [0.2, 0.25) is 5.91 Å². The average Bonchev–Trinajstić information content (AvgIpc) is 3.48. The fourth-order valence-electron chi connectivity index (χ4n) is 5.76. The highest BCUT2D eigenvalue weighted by Crippen LogP contribution is 2.27. The summed E-state index contributed by atoms with van der Waals surface area (Å²) in [6.07, 6.45) is 3.18. The molecule has 1 unspecified atom stereocenters. The number of carbonyl (C=O) groups is 2. The monoisotopic (exact) mass is 496 g/mol. The van der Waals surface area contributed by atoms with Gasteiger partial charge in [-0.2, -0.15) is 0 Å². The van der Waals surface area contributed by atoms with E-state index in [-0.39, 0.29) is 24.2 Å². The smallest absolute Gasteiger partial charge is 0.253 e. The molecule has 1 atom stereocenters. The first-order valence-corrected chi connectivity index (χ1v) is 12.7. The van der Waals surface area contributed by atoms with Crippen molar-refractivity contribution in [1.82, 2.24) is 9.80 Å². The molecule has 0 aliphatic carbocycles. The lowest BCUT2D eigenvalue weighted by molar-refractivity contribution is -0.117. The van der Waals surface area contributed by atoms with Gasteiger partial charge in [-0.1, -0.05) is 17.7 Å². The summed E-state index contributed by atoms with van der Waals surface area (Å²) in [6, 6.07) is 14.2. The molecule has 6 nitrogen and oxygen atoms in total. The van der Waals surface area contributed by atoms with Crippen LogP contribution in [0.15, 0.2) is 42.5 Å². The molecule has 188 valence electrons. The Balaban J connectivity index is 0.00000289. The minimum atomic E-state index is 0. The number of hydrogen-bond donors (Lipinski definition) is 0. The van der Waals surface area contributed by atoms with Crippen LogP contribution in [0.2, 0.25) is 0 Å². The maximum atomic E-state index is 13.1. The van der Waals surface area contributed by atoms with Crippen LogP contribution in [0, 0.1) is 19.8 Å². The minimum absolute atomic E-state index is 0. The number of piperazine rings is 1. The van der Waals surface area contributed by atoms with Crippen LogP contribution in [0.3, 0.4) is 0 Å². The molecular weight excluding hydrogens is 460 g/mol. The second-order valence-electron chi connectivity index (χ2n) is 10.2. The number of nitrogens with zero attached hydrogens (tertiary/aromatic N) is 4. The molecule has 3 aliphatic heterocycles. The molecule has 0 saturated carbocycles. The maximum Gasteiger partial charge on any atom is 0.253 e. The van der Waals surface area contributed by atoms with E-state index >= 15 is 0 Å². The molecule has 3 fully saturated rings. The van der Waals surface area contributed by atoms with E-state index in [1.54, 1.807) is 0 Å². The van der Waals surface area contributed by atoms with Crippen molar-refractivity contribution in [3.63, 3.8) is 0 Å². The van der Waals surface area contributed by atoms with Crippen LogP contribution in [-0.2, 0) is 4.79 Å². The number of hydrogen-bond acceptors (Lipinski definition) is 4. The normalized spacial score (nSPS) is 20.9. The van der Waals surface area contributed by atoms with Crippen LogP contribution in [-0.4, -0.2) is 74.0 Å². The van der Waals surface area contributed by atoms with Gasteiger partial charge in [0.25, 0.3) is 5.91 Å². The Morgan fingerprint density at radius 3 is 2.26 bits per heavy atom. The molecule has 0 radical (unpaired) electrons. The number of anilines is 2. The van der Waals surface area contributed by atoms with Crippen LogP contribution in [0.4, 0.5) is 11.4 Å². The number of benzene rings is 2. The molecule has 0 aromatic heterocycles. The Morgan fingerprint density at radius 1 is 0.914 bits per heavy atom. The molecule has 35 heavy (non-hydrogen) atoms. The van der Waals surface area contributed by atoms with Crippen molar-refractivity contribution in [2.24, 2.45) is 5.92 Å². The number of carbonyl (C=O) groups excluding carboxylic acids is 2. The minimum Gasteiger partial charge on any atom is -0.368 e. The predicted octanol–water partition coefficient (Wildman–Crippen LogP) is 4.14. The highest BCUT2D eigenvalue weighted by Gasteiger charge is 2.32. The van der Waals surface area contributed by atoms with E-state index in [1.165, 1.54) is 42.7 Å². The second-order valence-corrected chi connectivity index (χ2v) is 10.2. The topological polar surface area (TPSA) is 47.1 Å². The second kappa shape index (κ2) is 11.0. The lowest BCUT2D eigenvalue weighted by atomic mass is 10.1. The van der Waals surface area contributed by atoms with E-state index in [0.29, 0.717) is 17.9 Å². The summed E-state index contributed by atoms with van der Waals surface area (Å²) >= 11 is 0. The lowest BCUT2D eigenvalue weighted by Gasteiger charge is -2.37. The largest absolute Gasteiger partial charge is 0.368 e. The quantitative estimate of drug-likeness (QED) is 0.624. The third kappa shape index (κ3) is 5.65. The summed E-state index contributed by atoms with van der Waals surface area (Å²) in [5.74, 6) is 0.678.